The summed E-state index contributed by atoms with van der Waals surface area (Å²) in [6.45, 7) is 4.07. The first kappa shape index (κ1) is 16.8. The predicted molar refractivity (Wildman–Crippen MR) is 85.3 cm³/mol. The van der Waals surface area contributed by atoms with Gasteiger partial charge in [0.25, 0.3) is 0 Å². The van der Waals surface area contributed by atoms with Crippen molar-refractivity contribution in [1.82, 2.24) is 4.57 Å². The Morgan fingerprint density at radius 3 is 2.15 bits per heavy atom. The molecule has 0 radical (unpaired) electrons. The summed E-state index contributed by atoms with van der Waals surface area (Å²) >= 11 is 0. The first-order valence-electron chi connectivity index (χ1n) is 8.35. The van der Waals surface area contributed by atoms with Crippen LogP contribution in [0.3, 0.4) is 0 Å². The molecule has 0 fully saturated rings. The van der Waals surface area contributed by atoms with E-state index in [0.717, 1.165) is 6.54 Å². The zero-order valence-electron chi connectivity index (χ0n) is 13.2. The molecule has 1 heterocycles. The highest BCUT2D eigenvalue weighted by atomic mass is 15.1. The van der Waals surface area contributed by atoms with Gasteiger partial charge in [0.2, 0.25) is 6.33 Å². The summed E-state index contributed by atoms with van der Waals surface area (Å²) in [7, 11) is 0. The lowest BCUT2D eigenvalue weighted by Crippen LogP contribution is -2.30. The van der Waals surface area contributed by atoms with Gasteiger partial charge in [0, 0.05) is 0 Å². The molecule has 0 aromatic carbocycles. The van der Waals surface area contributed by atoms with Crippen molar-refractivity contribution in [3.8, 4) is 12.3 Å². The lowest BCUT2D eigenvalue weighted by molar-refractivity contribution is -0.696. The fourth-order valence-corrected chi connectivity index (χ4v) is 2.55. The summed E-state index contributed by atoms with van der Waals surface area (Å²) in [5.74, 6) is 2.66. The molecule has 0 aliphatic rings. The number of aromatic nitrogens is 2. The van der Waals surface area contributed by atoms with Gasteiger partial charge in [0.15, 0.2) is 6.54 Å². The first-order chi connectivity index (χ1) is 9.86. The number of hydrogen-bond acceptors (Lipinski definition) is 0. The van der Waals surface area contributed by atoms with Crippen molar-refractivity contribution in [2.24, 2.45) is 0 Å². The molecule has 2 nitrogen and oxygen atoms in total. The number of terminal acetylenes is 1. The van der Waals surface area contributed by atoms with E-state index < -0.39 is 0 Å². The van der Waals surface area contributed by atoms with E-state index in [1.165, 1.54) is 64.2 Å². The SMILES string of the molecule is C#CCn1cc[n+](CCCCCCCCCCCC)c1. The van der Waals surface area contributed by atoms with Gasteiger partial charge < -0.3 is 0 Å². The molecule has 1 aromatic heterocycles. The molecular formula is C18H31N2+. The first-order valence-corrected chi connectivity index (χ1v) is 8.35. The third kappa shape index (κ3) is 8.04. The molecule has 0 bridgehead atoms. The van der Waals surface area contributed by atoms with E-state index in [0.29, 0.717) is 6.54 Å². The van der Waals surface area contributed by atoms with Crippen LogP contribution in [-0.2, 0) is 13.1 Å². The van der Waals surface area contributed by atoms with Crippen LogP contribution in [0.4, 0.5) is 0 Å². The Morgan fingerprint density at radius 2 is 1.55 bits per heavy atom. The van der Waals surface area contributed by atoms with Gasteiger partial charge >= 0.3 is 0 Å². The van der Waals surface area contributed by atoms with Crippen LogP contribution in [0, 0.1) is 12.3 Å². The van der Waals surface area contributed by atoms with Crippen molar-refractivity contribution in [2.75, 3.05) is 0 Å². The number of aryl methyl sites for hydroxylation is 1. The van der Waals surface area contributed by atoms with Gasteiger partial charge in [-0.15, -0.1) is 6.42 Å². The number of imidazole rings is 1. The summed E-state index contributed by atoms with van der Waals surface area (Å²) in [6, 6.07) is 0. The van der Waals surface area contributed by atoms with E-state index in [9.17, 15) is 0 Å². The maximum Gasteiger partial charge on any atom is 0.244 e. The lowest BCUT2D eigenvalue weighted by Gasteiger charge is -2.01. The molecule has 0 amide bonds. The van der Waals surface area contributed by atoms with Crippen molar-refractivity contribution in [3.05, 3.63) is 18.7 Å². The van der Waals surface area contributed by atoms with E-state index in [1.807, 2.05) is 0 Å². The smallest absolute Gasteiger partial charge is 0.237 e. The van der Waals surface area contributed by atoms with Crippen LogP contribution < -0.4 is 4.57 Å². The van der Waals surface area contributed by atoms with E-state index >= 15 is 0 Å². The minimum Gasteiger partial charge on any atom is -0.237 e. The van der Waals surface area contributed by atoms with E-state index in [-0.39, 0.29) is 0 Å². The Kier molecular flexibility index (Phi) is 9.74. The zero-order chi connectivity index (χ0) is 14.5. The molecule has 0 spiro atoms. The summed E-state index contributed by atoms with van der Waals surface area (Å²) in [5, 5.41) is 0. The Bertz CT molecular complexity index is 373. The normalized spacial score (nSPS) is 10.6. The third-order valence-electron chi connectivity index (χ3n) is 3.79. The van der Waals surface area contributed by atoms with Crippen LogP contribution in [0.15, 0.2) is 18.7 Å². The average molecular weight is 275 g/mol. The van der Waals surface area contributed by atoms with Gasteiger partial charge in [0.05, 0.1) is 6.54 Å². The summed E-state index contributed by atoms with van der Waals surface area (Å²) < 4.78 is 4.29. The van der Waals surface area contributed by atoms with Crippen LogP contribution in [0.2, 0.25) is 0 Å². The standard InChI is InChI=1S/C18H31N2/c1-3-5-6-7-8-9-10-11-12-13-15-20-17-16-19(18-20)14-4-2/h2,16-18H,3,5-15H2,1H3/q+1. The second-order valence-electron chi connectivity index (χ2n) is 5.71. The Morgan fingerprint density at radius 1 is 0.950 bits per heavy atom. The monoisotopic (exact) mass is 275 g/mol. The number of hydrogen-bond donors (Lipinski definition) is 0. The number of unbranched alkanes of at least 4 members (excludes halogenated alkanes) is 9. The van der Waals surface area contributed by atoms with Crippen LogP contribution >= 0.6 is 0 Å². The molecular weight excluding hydrogens is 244 g/mol. The molecule has 0 aliphatic heterocycles. The summed E-state index contributed by atoms with van der Waals surface area (Å²) in [6.07, 6.45) is 25.5. The molecule has 112 valence electrons. The van der Waals surface area contributed by atoms with Gasteiger partial charge in [-0.25, -0.2) is 9.13 Å². The highest BCUT2D eigenvalue weighted by Gasteiger charge is 2.01. The van der Waals surface area contributed by atoms with E-state index in [2.05, 4.69) is 40.7 Å². The highest BCUT2D eigenvalue weighted by Crippen LogP contribution is 2.10. The molecule has 1 aromatic rings. The van der Waals surface area contributed by atoms with E-state index in [4.69, 9.17) is 6.42 Å². The minimum atomic E-state index is 0.672. The quantitative estimate of drug-likeness (QED) is 0.305. The minimum absolute atomic E-state index is 0.672. The van der Waals surface area contributed by atoms with Crippen molar-refractivity contribution >= 4 is 0 Å². The zero-order valence-corrected chi connectivity index (χ0v) is 13.2. The molecule has 0 N–H and O–H groups in total. The Balaban J connectivity index is 1.90. The number of rotatable bonds is 12. The largest absolute Gasteiger partial charge is 0.244 e. The topological polar surface area (TPSA) is 8.81 Å². The predicted octanol–water partition coefficient (Wildman–Crippen LogP) is 4.33. The van der Waals surface area contributed by atoms with Gasteiger partial charge in [-0.05, 0) is 12.8 Å². The fraction of sp³-hybridized carbons (Fsp3) is 0.722. The van der Waals surface area contributed by atoms with E-state index in [1.54, 1.807) is 0 Å². The molecule has 0 aliphatic carbocycles. The maximum absolute atomic E-state index is 5.30. The molecule has 0 saturated heterocycles. The van der Waals surface area contributed by atoms with Gasteiger partial charge in [-0.1, -0.05) is 64.2 Å². The van der Waals surface area contributed by atoms with Crippen LogP contribution in [0.5, 0.6) is 0 Å². The maximum atomic E-state index is 5.30. The van der Waals surface area contributed by atoms with Gasteiger partial charge in [0.1, 0.15) is 12.4 Å². The second kappa shape index (κ2) is 11.6. The summed E-state index contributed by atoms with van der Waals surface area (Å²) in [4.78, 5) is 0. The second-order valence-corrected chi connectivity index (χ2v) is 5.71. The molecule has 0 unspecified atom stereocenters. The van der Waals surface area contributed by atoms with Crippen molar-refractivity contribution in [2.45, 2.75) is 84.2 Å². The van der Waals surface area contributed by atoms with Crippen LogP contribution in [-0.4, -0.2) is 4.57 Å². The number of nitrogens with zero attached hydrogens (tertiary/aromatic N) is 2. The van der Waals surface area contributed by atoms with Crippen LogP contribution in [0.1, 0.15) is 71.1 Å². The molecule has 0 saturated carbocycles. The van der Waals surface area contributed by atoms with Gasteiger partial charge in [-0.2, -0.15) is 0 Å². The Hall–Kier alpha value is -1.23. The van der Waals surface area contributed by atoms with Crippen molar-refractivity contribution < 1.29 is 4.57 Å². The molecule has 2 heteroatoms. The molecule has 20 heavy (non-hydrogen) atoms. The summed E-state index contributed by atoms with van der Waals surface area (Å²) in [5.41, 5.74) is 0. The molecule has 1 rings (SSSR count). The van der Waals surface area contributed by atoms with Crippen molar-refractivity contribution in [1.29, 1.82) is 0 Å². The highest BCUT2D eigenvalue weighted by molar-refractivity contribution is 4.85. The van der Waals surface area contributed by atoms with Crippen molar-refractivity contribution in [3.63, 3.8) is 0 Å². The molecule has 0 atom stereocenters. The third-order valence-corrected chi connectivity index (χ3v) is 3.79. The average Bonchev–Trinajstić information content (AvgIpc) is 2.89. The Labute approximate surface area is 125 Å². The fourth-order valence-electron chi connectivity index (χ4n) is 2.55. The van der Waals surface area contributed by atoms with Gasteiger partial charge in [-0.3, -0.25) is 0 Å². The lowest BCUT2D eigenvalue weighted by atomic mass is 10.1. The van der Waals surface area contributed by atoms with Crippen LogP contribution in [0.25, 0.3) is 0 Å².